The number of hydrogen-bond donors (Lipinski definition) is 0. The Kier molecular flexibility index (Phi) is 2.31. The molecule has 2 atom stereocenters. The first-order chi connectivity index (χ1) is 4.77. The molecule has 1 rings (SSSR count). The van der Waals surface area contributed by atoms with Crippen LogP contribution in [0.1, 0.15) is 26.2 Å². The van der Waals surface area contributed by atoms with Gasteiger partial charge in [0, 0.05) is 0 Å². The maximum absolute atomic E-state index is 4.06. The Morgan fingerprint density at radius 2 is 2.40 bits per heavy atom. The Bertz CT molecular complexity index is 144. The summed E-state index contributed by atoms with van der Waals surface area (Å²) < 4.78 is 0. The van der Waals surface area contributed by atoms with Crippen molar-refractivity contribution in [3.63, 3.8) is 0 Å². The summed E-state index contributed by atoms with van der Waals surface area (Å²) in [6, 6.07) is 0. The van der Waals surface area contributed by atoms with Gasteiger partial charge in [-0.05, 0) is 31.1 Å². The van der Waals surface area contributed by atoms with Gasteiger partial charge in [0.05, 0.1) is 0 Å². The molecule has 56 valence electrons. The quantitative estimate of drug-likeness (QED) is 0.511. The Balaban J connectivity index is 2.51. The summed E-state index contributed by atoms with van der Waals surface area (Å²) in [6.07, 6.45) is 5.80. The Morgan fingerprint density at radius 1 is 1.70 bits per heavy atom. The van der Waals surface area contributed by atoms with Gasteiger partial charge in [-0.3, -0.25) is 0 Å². The van der Waals surface area contributed by atoms with E-state index in [0.717, 1.165) is 11.8 Å². The van der Waals surface area contributed by atoms with Crippen molar-refractivity contribution in [2.75, 3.05) is 0 Å². The molecule has 0 aliphatic heterocycles. The second-order valence-corrected chi connectivity index (χ2v) is 3.20. The molecule has 0 aromatic rings. The minimum absolute atomic E-state index is 0.720. The molecule has 1 saturated carbocycles. The molecule has 0 heteroatoms. The van der Waals surface area contributed by atoms with E-state index in [1.54, 1.807) is 0 Å². The third-order valence-corrected chi connectivity index (χ3v) is 2.52. The number of rotatable bonds is 2. The first-order valence-corrected chi connectivity index (χ1v) is 4.08. The minimum Gasteiger partial charge on any atom is -0.103 e. The summed E-state index contributed by atoms with van der Waals surface area (Å²) in [7, 11) is 0. The zero-order valence-corrected chi connectivity index (χ0v) is 6.77. The van der Waals surface area contributed by atoms with Gasteiger partial charge in [-0.15, -0.1) is 6.58 Å². The maximum Gasteiger partial charge on any atom is -0.0193 e. The van der Waals surface area contributed by atoms with Crippen LogP contribution in [0.15, 0.2) is 24.8 Å². The molecule has 10 heavy (non-hydrogen) atoms. The molecule has 0 heterocycles. The van der Waals surface area contributed by atoms with Gasteiger partial charge >= 0.3 is 0 Å². The summed E-state index contributed by atoms with van der Waals surface area (Å²) in [6.45, 7) is 10.1. The van der Waals surface area contributed by atoms with Crippen molar-refractivity contribution in [3.05, 3.63) is 24.8 Å². The van der Waals surface area contributed by atoms with Gasteiger partial charge in [0.15, 0.2) is 0 Å². The van der Waals surface area contributed by atoms with Crippen LogP contribution in [0.25, 0.3) is 0 Å². The molecule has 0 aromatic carbocycles. The molecule has 1 aliphatic rings. The van der Waals surface area contributed by atoms with Gasteiger partial charge in [-0.25, -0.2) is 0 Å². The largest absolute Gasteiger partial charge is 0.103 e. The van der Waals surface area contributed by atoms with E-state index in [9.17, 15) is 0 Å². The topological polar surface area (TPSA) is 0 Å². The maximum atomic E-state index is 4.06. The van der Waals surface area contributed by atoms with Crippen molar-refractivity contribution in [2.45, 2.75) is 26.2 Å². The van der Waals surface area contributed by atoms with Crippen LogP contribution >= 0.6 is 0 Å². The van der Waals surface area contributed by atoms with E-state index in [2.05, 4.69) is 26.2 Å². The van der Waals surface area contributed by atoms with Crippen molar-refractivity contribution in [1.29, 1.82) is 0 Å². The fraction of sp³-hybridized carbons (Fsp3) is 0.600. The lowest BCUT2D eigenvalue weighted by molar-refractivity contribution is 0.559. The van der Waals surface area contributed by atoms with Crippen LogP contribution in [0.3, 0.4) is 0 Å². The smallest absolute Gasteiger partial charge is 0.0193 e. The molecular formula is C10H16. The van der Waals surface area contributed by atoms with Gasteiger partial charge in [0.2, 0.25) is 0 Å². The Labute approximate surface area is 63.6 Å². The van der Waals surface area contributed by atoms with Crippen LogP contribution in [-0.4, -0.2) is 0 Å². The molecule has 1 aliphatic carbocycles. The summed E-state index contributed by atoms with van der Waals surface area (Å²) in [4.78, 5) is 0. The first-order valence-electron chi connectivity index (χ1n) is 4.08. The van der Waals surface area contributed by atoms with Crippen molar-refractivity contribution in [3.8, 4) is 0 Å². The molecule has 0 spiro atoms. The second-order valence-electron chi connectivity index (χ2n) is 3.20. The van der Waals surface area contributed by atoms with Gasteiger partial charge in [-0.1, -0.05) is 25.2 Å². The fourth-order valence-corrected chi connectivity index (χ4v) is 1.75. The van der Waals surface area contributed by atoms with Crippen molar-refractivity contribution < 1.29 is 0 Å². The van der Waals surface area contributed by atoms with Crippen LogP contribution in [0, 0.1) is 11.8 Å². The van der Waals surface area contributed by atoms with E-state index < -0.39 is 0 Å². The van der Waals surface area contributed by atoms with Crippen molar-refractivity contribution >= 4 is 0 Å². The van der Waals surface area contributed by atoms with Crippen LogP contribution in [0.2, 0.25) is 0 Å². The number of hydrogen-bond acceptors (Lipinski definition) is 0. The molecule has 0 N–H and O–H groups in total. The SMILES string of the molecule is C=CC1CC(=C)[C@H](CC)C1. The average molecular weight is 136 g/mol. The van der Waals surface area contributed by atoms with Crippen molar-refractivity contribution in [2.24, 2.45) is 11.8 Å². The minimum atomic E-state index is 0.720. The predicted molar refractivity (Wildman–Crippen MR) is 45.8 cm³/mol. The first kappa shape index (κ1) is 7.59. The predicted octanol–water partition coefficient (Wildman–Crippen LogP) is 3.16. The fourth-order valence-electron chi connectivity index (χ4n) is 1.75. The van der Waals surface area contributed by atoms with Crippen LogP contribution < -0.4 is 0 Å². The highest BCUT2D eigenvalue weighted by atomic mass is 14.3. The molecular weight excluding hydrogens is 120 g/mol. The zero-order chi connectivity index (χ0) is 7.56. The average Bonchev–Trinajstić information content (AvgIpc) is 2.30. The normalized spacial score (nSPS) is 32.7. The summed E-state index contributed by atoms with van der Waals surface area (Å²) in [5, 5.41) is 0. The molecule has 0 aromatic heterocycles. The third-order valence-electron chi connectivity index (χ3n) is 2.52. The lowest BCUT2D eigenvalue weighted by atomic mass is 10.0. The summed E-state index contributed by atoms with van der Waals surface area (Å²) >= 11 is 0. The summed E-state index contributed by atoms with van der Waals surface area (Å²) in [5.74, 6) is 1.50. The van der Waals surface area contributed by atoms with Gasteiger partial charge in [0.1, 0.15) is 0 Å². The van der Waals surface area contributed by atoms with E-state index in [1.165, 1.54) is 24.8 Å². The molecule has 0 saturated heterocycles. The highest BCUT2D eigenvalue weighted by molar-refractivity contribution is 5.11. The second kappa shape index (κ2) is 3.05. The Morgan fingerprint density at radius 3 is 2.70 bits per heavy atom. The third kappa shape index (κ3) is 1.31. The molecule has 0 amide bonds. The summed E-state index contributed by atoms with van der Waals surface area (Å²) in [5.41, 5.74) is 1.44. The Hall–Kier alpha value is -0.520. The van der Waals surface area contributed by atoms with Gasteiger partial charge in [-0.2, -0.15) is 0 Å². The van der Waals surface area contributed by atoms with E-state index in [4.69, 9.17) is 0 Å². The number of allylic oxidation sites excluding steroid dienone is 2. The van der Waals surface area contributed by atoms with E-state index in [0.29, 0.717) is 0 Å². The lowest BCUT2D eigenvalue weighted by Crippen LogP contribution is -1.92. The molecule has 0 nitrogen and oxygen atoms in total. The lowest BCUT2D eigenvalue weighted by Gasteiger charge is -2.04. The van der Waals surface area contributed by atoms with E-state index >= 15 is 0 Å². The molecule has 0 bridgehead atoms. The molecule has 1 unspecified atom stereocenters. The molecule has 0 radical (unpaired) electrons. The van der Waals surface area contributed by atoms with Crippen LogP contribution in [0.5, 0.6) is 0 Å². The van der Waals surface area contributed by atoms with Crippen molar-refractivity contribution in [1.82, 2.24) is 0 Å². The van der Waals surface area contributed by atoms with E-state index in [1.807, 2.05) is 0 Å². The van der Waals surface area contributed by atoms with Gasteiger partial charge in [0.25, 0.3) is 0 Å². The highest BCUT2D eigenvalue weighted by Gasteiger charge is 2.23. The van der Waals surface area contributed by atoms with Crippen LogP contribution in [0.4, 0.5) is 0 Å². The zero-order valence-electron chi connectivity index (χ0n) is 6.77. The monoisotopic (exact) mass is 136 g/mol. The standard InChI is InChI=1S/C10H16/c1-4-9-6-8(3)10(5-2)7-9/h4,9-10H,1,3,5-7H2,2H3/t9?,10-/m1/s1. The molecule has 1 fully saturated rings. The van der Waals surface area contributed by atoms with Crippen LogP contribution in [-0.2, 0) is 0 Å². The van der Waals surface area contributed by atoms with E-state index in [-0.39, 0.29) is 0 Å². The van der Waals surface area contributed by atoms with Gasteiger partial charge < -0.3 is 0 Å². The highest BCUT2D eigenvalue weighted by Crippen LogP contribution is 2.36.